The van der Waals surface area contributed by atoms with Crippen molar-refractivity contribution in [2.75, 3.05) is 11.9 Å². The molecule has 0 radical (unpaired) electrons. The summed E-state index contributed by atoms with van der Waals surface area (Å²) in [5.41, 5.74) is 3.10. The molecule has 0 spiro atoms. The van der Waals surface area contributed by atoms with E-state index in [-0.39, 0.29) is 12.5 Å². The molecule has 0 aliphatic carbocycles. The zero-order valence-electron chi connectivity index (χ0n) is 12.7. The summed E-state index contributed by atoms with van der Waals surface area (Å²) in [6.07, 6.45) is 0. The topological polar surface area (TPSA) is 51.2 Å². The molecule has 5 heteroatoms. The Morgan fingerprint density at radius 2 is 1.87 bits per heavy atom. The summed E-state index contributed by atoms with van der Waals surface area (Å²) < 4.78 is 5.41. The third-order valence-electron chi connectivity index (χ3n) is 3.21. The molecule has 1 N–H and O–H groups in total. The number of ether oxygens (including phenoxy) is 1. The molecule has 0 saturated carbocycles. The van der Waals surface area contributed by atoms with Crippen LogP contribution in [0.25, 0.3) is 11.3 Å². The molecule has 0 bridgehead atoms. The van der Waals surface area contributed by atoms with Crippen LogP contribution in [0.2, 0.25) is 0 Å². The monoisotopic (exact) mass is 324 g/mol. The van der Waals surface area contributed by atoms with Crippen LogP contribution in [0.5, 0.6) is 5.75 Å². The molecule has 0 saturated heterocycles. The second kappa shape index (κ2) is 7.07. The molecule has 0 unspecified atom stereocenters. The van der Waals surface area contributed by atoms with Gasteiger partial charge >= 0.3 is 0 Å². The molecule has 23 heavy (non-hydrogen) atoms. The first-order valence-corrected chi connectivity index (χ1v) is 8.09. The van der Waals surface area contributed by atoms with Gasteiger partial charge in [0.2, 0.25) is 0 Å². The molecule has 116 valence electrons. The smallest absolute Gasteiger partial charge is 0.264 e. The Balaban J connectivity index is 1.58. The Labute approximate surface area is 138 Å². The van der Waals surface area contributed by atoms with Gasteiger partial charge in [-0.25, -0.2) is 4.98 Å². The SMILES string of the molecule is Cc1ccc(-c2csc(NC(=O)COc3ccccc3)n2)cc1. The van der Waals surface area contributed by atoms with Crippen LogP contribution in [-0.4, -0.2) is 17.5 Å². The molecule has 0 fully saturated rings. The summed E-state index contributed by atoms with van der Waals surface area (Å²) in [5, 5.41) is 5.26. The molecule has 0 aliphatic heterocycles. The van der Waals surface area contributed by atoms with Gasteiger partial charge in [0.15, 0.2) is 11.7 Å². The lowest BCUT2D eigenvalue weighted by Crippen LogP contribution is -2.19. The minimum absolute atomic E-state index is 0.0382. The predicted octanol–water partition coefficient (Wildman–Crippen LogP) is 4.14. The first kappa shape index (κ1) is 15.2. The highest BCUT2D eigenvalue weighted by Gasteiger charge is 2.08. The van der Waals surface area contributed by atoms with E-state index < -0.39 is 0 Å². The Morgan fingerprint density at radius 1 is 1.13 bits per heavy atom. The van der Waals surface area contributed by atoms with Gasteiger partial charge in [-0.3, -0.25) is 10.1 Å². The number of thiazole rings is 1. The maximum absolute atomic E-state index is 11.9. The second-order valence-electron chi connectivity index (χ2n) is 5.05. The largest absolute Gasteiger partial charge is 0.484 e. The Kier molecular flexibility index (Phi) is 4.68. The van der Waals surface area contributed by atoms with E-state index in [1.54, 1.807) is 0 Å². The van der Waals surface area contributed by atoms with Crippen molar-refractivity contribution in [2.45, 2.75) is 6.92 Å². The maximum atomic E-state index is 11.9. The normalized spacial score (nSPS) is 10.3. The number of amides is 1. The number of carbonyl (C=O) groups excluding carboxylic acids is 1. The predicted molar refractivity (Wildman–Crippen MR) is 92.9 cm³/mol. The highest BCUT2D eigenvalue weighted by atomic mass is 32.1. The molecule has 1 heterocycles. The van der Waals surface area contributed by atoms with Gasteiger partial charge in [-0.2, -0.15) is 0 Å². The molecular weight excluding hydrogens is 308 g/mol. The maximum Gasteiger partial charge on any atom is 0.264 e. The fraction of sp³-hybridized carbons (Fsp3) is 0.111. The standard InChI is InChI=1S/C18H16N2O2S/c1-13-7-9-14(10-8-13)16-12-23-18(19-16)20-17(21)11-22-15-5-3-2-4-6-15/h2-10,12H,11H2,1H3,(H,19,20,21). The van der Waals surface area contributed by atoms with E-state index in [9.17, 15) is 4.79 Å². The fourth-order valence-electron chi connectivity index (χ4n) is 2.01. The van der Waals surface area contributed by atoms with E-state index >= 15 is 0 Å². The number of nitrogens with one attached hydrogen (secondary N) is 1. The van der Waals surface area contributed by atoms with Crippen LogP contribution < -0.4 is 10.1 Å². The molecule has 3 aromatic rings. The van der Waals surface area contributed by atoms with Gasteiger partial charge in [-0.1, -0.05) is 48.0 Å². The lowest BCUT2D eigenvalue weighted by atomic mass is 10.1. The van der Waals surface area contributed by atoms with E-state index in [4.69, 9.17) is 4.74 Å². The molecule has 4 nitrogen and oxygen atoms in total. The van der Waals surface area contributed by atoms with Crippen molar-refractivity contribution in [1.82, 2.24) is 4.98 Å². The van der Waals surface area contributed by atoms with Crippen molar-refractivity contribution in [3.8, 4) is 17.0 Å². The number of benzene rings is 2. The first-order valence-electron chi connectivity index (χ1n) is 7.21. The minimum atomic E-state index is -0.223. The van der Waals surface area contributed by atoms with Gasteiger partial charge in [-0.05, 0) is 19.1 Å². The summed E-state index contributed by atoms with van der Waals surface area (Å²) in [6.45, 7) is 2.01. The van der Waals surface area contributed by atoms with Gasteiger partial charge in [-0.15, -0.1) is 11.3 Å². The number of hydrogen-bond acceptors (Lipinski definition) is 4. The number of hydrogen-bond donors (Lipinski definition) is 1. The summed E-state index contributed by atoms with van der Waals surface area (Å²) in [7, 11) is 0. The molecular formula is C18H16N2O2S. The van der Waals surface area contributed by atoms with Gasteiger partial charge in [0.1, 0.15) is 5.75 Å². The Morgan fingerprint density at radius 3 is 2.61 bits per heavy atom. The van der Waals surface area contributed by atoms with Crippen LogP contribution in [0.3, 0.4) is 0 Å². The van der Waals surface area contributed by atoms with E-state index in [2.05, 4.69) is 10.3 Å². The molecule has 3 rings (SSSR count). The third kappa shape index (κ3) is 4.17. The molecule has 0 atom stereocenters. The lowest BCUT2D eigenvalue weighted by molar-refractivity contribution is -0.118. The molecule has 1 amide bonds. The number of carbonyl (C=O) groups is 1. The Hall–Kier alpha value is -2.66. The van der Waals surface area contributed by atoms with Gasteiger partial charge in [0, 0.05) is 10.9 Å². The van der Waals surface area contributed by atoms with Gasteiger partial charge in [0.25, 0.3) is 5.91 Å². The first-order chi connectivity index (χ1) is 11.2. The third-order valence-corrected chi connectivity index (χ3v) is 3.97. The van der Waals surface area contributed by atoms with Crippen LogP contribution in [-0.2, 0) is 4.79 Å². The van der Waals surface area contributed by atoms with E-state index in [0.717, 1.165) is 11.3 Å². The van der Waals surface area contributed by atoms with Gasteiger partial charge < -0.3 is 4.74 Å². The van der Waals surface area contributed by atoms with E-state index in [1.165, 1.54) is 16.9 Å². The van der Waals surface area contributed by atoms with E-state index in [1.807, 2.05) is 66.9 Å². The summed E-state index contributed by atoms with van der Waals surface area (Å²) in [6, 6.07) is 17.4. The van der Waals surface area contributed by atoms with Crippen LogP contribution in [0.4, 0.5) is 5.13 Å². The quantitative estimate of drug-likeness (QED) is 0.767. The number of anilines is 1. The highest BCUT2D eigenvalue weighted by molar-refractivity contribution is 7.14. The number of para-hydroxylation sites is 1. The van der Waals surface area contributed by atoms with E-state index in [0.29, 0.717) is 10.9 Å². The van der Waals surface area contributed by atoms with Crippen LogP contribution >= 0.6 is 11.3 Å². The van der Waals surface area contributed by atoms with Crippen molar-refractivity contribution >= 4 is 22.4 Å². The summed E-state index contributed by atoms with van der Waals surface area (Å²) >= 11 is 1.40. The zero-order chi connectivity index (χ0) is 16.1. The lowest BCUT2D eigenvalue weighted by Gasteiger charge is -2.05. The van der Waals surface area contributed by atoms with Crippen molar-refractivity contribution < 1.29 is 9.53 Å². The number of aryl methyl sites for hydroxylation is 1. The number of nitrogens with zero attached hydrogens (tertiary/aromatic N) is 1. The second-order valence-corrected chi connectivity index (χ2v) is 5.91. The highest BCUT2D eigenvalue weighted by Crippen LogP contribution is 2.25. The molecule has 2 aromatic carbocycles. The molecule has 0 aliphatic rings. The summed E-state index contributed by atoms with van der Waals surface area (Å²) in [4.78, 5) is 16.3. The van der Waals surface area contributed by atoms with Crippen LogP contribution in [0.1, 0.15) is 5.56 Å². The van der Waals surface area contributed by atoms with Crippen molar-refractivity contribution in [1.29, 1.82) is 0 Å². The summed E-state index contributed by atoms with van der Waals surface area (Å²) in [5.74, 6) is 0.445. The van der Waals surface area contributed by atoms with Crippen LogP contribution in [0, 0.1) is 6.92 Å². The van der Waals surface area contributed by atoms with Crippen molar-refractivity contribution in [3.63, 3.8) is 0 Å². The minimum Gasteiger partial charge on any atom is -0.484 e. The number of aromatic nitrogens is 1. The van der Waals surface area contributed by atoms with Crippen molar-refractivity contribution in [2.24, 2.45) is 0 Å². The van der Waals surface area contributed by atoms with Gasteiger partial charge in [0.05, 0.1) is 5.69 Å². The Bertz CT molecular complexity index is 782. The zero-order valence-corrected chi connectivity index (χ0v) is 13.5. The fourth-order valence-corrected chi connectivity index (χ4v) is 2.74. The van der Waals surface area contributed by atoms with Crippen LogP contribution in [0.15, 0.2) is 60.0 Å². The average Bonchev–Trinajstić information content (AvgIpc) is 3.03. The average molecular weight is 324 g/mol. The number of rotatable bonds is 5. The molecule has 1 aromatic heterocycles. The van der Waals surface area contributed by atoms with Crippen molar-refractivity contribution in [3.05, 3.63) is 65.5 Å².